The molecule has 0 atom stereocenters. The van der Waals surface area contributed by atoms with Crippen molar-refractivity contribution in [3.8, 4) is 17.1 Å². The van der Waals surface area contributed by atoms with Gasteiger partial charge >= 0.3 is 0 Å². The molecule has 1 aromatic carbocycles. The molecule has 1 fully saturated rings. The van der Waals surface area contributed by atoms with Crippen molar-refractivity contribution in [3.63, 3.8) is 0 Å². The van der Waals surface area contributed by atoms with Gasteiger partial charge < -0.3 is 4.74 Å². The summed E-state index contributed by atoms with van der Waals surface area (Å²) in [6.07, 6.45) is 21.2. The Morgan fingerprint density at radius 2 is 1.45 bits per heavy atom. The van der Waals surface area contributed by atoms with Gasteiger partial charge in [0, 0.05) is 18.0 Å². The zero-order chi connectivity index (χ0) is 21.7. The maximum absolute atomic E-state index is 5.88. The van der Waals surface area contributed by atoms with E-state index in [2.05, 4.69) is 35.9 Å². The molecule has 31 heavy (non-hydrogen) atoms. The smallest absolute Gasteiger partial charge is 0.159 e. The first-order valence-corrected chi connectivity index (χ1v) is 12.8. The van der Waals surface area contributed by atoms with Crippen LogP contribution < -0.4 is 4.74 Å². The van der Waals surface area contributed by atoms with E-state index in [1.165, 1.54) is 76.2 Å². The van der Waals surface area contributed by atoms with Gasteiger partial charge in [0.25, 0.3) is 0 Å². The van der Waals surface area contributed by atoms with Crippen molar-refractivity contribution in [3.05, 3.63) is 42.2 Å². The van der Waals surface area contributed by atoms with Gasteiger partial charge in [0.1, 0.15) is 5.75 Å². The summed E-state index contributed by atoms with van der Waals surface area (Å²) in [4.78, 5) is 9.25. The lowest BCUT2D eigenvalue weighted by Gasteiger charge is -2.27. The van der Waals surface area contributed by atoms with E-state index in [0.29, 0.717) is 0 Å². The molecule has 0 aliphatic heterocycles. The van der Waals surface area contributed by atoms with Crippen LogP contribution in [0.5, 0.6) is 5.75 Å². The lowest BCUT2D eigenvalue weighted by atomic mass is 9.79. The number of benzene rings is 1. The van der Waals surface area contributed by atoms with E-state index in [0.717, 1.165) is 48.4 Å². The third-order valence-electron chi connectivity index (χ3n) is 6.97. The van der Waals surface area contributed by atoms with Gasteiger partial charge in [-0.25, -0.2) is 9.97 Å². The minimum atomic E-state index is 0.801. The van der Waals surface area contributed by atoms with E-state index in [-0.39, 0.29) is 0 Å². The van der Waals surface area contributed by atoms with Crippen LogP contribution in [0.1, 0.15) is 96.5 Å². The fraction of sp³-hybridized carbons (Fsp3) is 0.643. The topological polar surface area (TPSA) is 35.0 Å². The lowest BCUT2D eigenvalue weighted by molar-refractivity contribution is 0.258. The molecule has 0 unspecified atom stereocenters. The molecule has 1 aromatic heterocycles. The van der Waals surface area contributed by atoms with Crippen molar-refractivity contribution in [2.75, 3.05) is 6.61 Å². The zero-order valence-electron chi connectivity index (χ0n) is 19.8. The highest BCUT2D eigenvalue weighted by molar-refractivity contribution is 5.55. The Kier molecular flexibility index (Phi) is 10.3. The van der Waals surface area contributed by atoms with Gasteiger partial charge in [-0.3, -0.25) is 0 Å². The second-order valence-electron chi connectivity index (χ2n) is 9.39. The van der Waals surface area contributed by atoms with Gasteiger partial charge in [-0.1, -0.05) is 78.1 Å². The summed E-state index contributed by atoms with van der Waals surface area (Å²) in [5, 5.41) is 0. The van der Waals surface area contributed by atoms with Crippen LogP contribution in [0.2, 0.25) is 0 Å². The number of hydrogen-bond acceptors (Lipinski definition) is 3. The van der Waals surface area contributed by atoms with Crippen LogP contribution >= 0.6 is 0 Å². The molecule has 1 heterocycles. The number of aryl methyl sites for hydroxylation is 1. The maximum atomic E-state index is 5.88. The molecule has 0 saturated heterocycles. The molecule has 3 rings (SSSR count). The first-order valence-electron chi connectivity index (χ1n) is 12.8. The molecule has 1 saturated carbocycles. The van der Waals surface area contributed by atoms with Crippen molar-refractivity contribution >= 4 is 0 Å². The van der Waals surface area contributed by atoms with Crippen LogP contribution in [0, 0.1) is 11.8 Å². The van der Waals surface area contributed by atoms with Crippen molar-refractivity contribution in [1.29, 1.82) is 0 Å². The maximum Gasteiger partial charge on any atom is 0.159 e. The van der Waals surface area contributed by atoms with E-state index < -0.39 is 0 Å². The number of ether oxygens (including phenoxy) is 1. The number of unbranched alkanes of at least 4 members (excludes halogenated alkanes) is 5. The number of hydrogen-bond donors (Lipinski definition) is 0. The summed E-state index contributed by atoms with van der Waals surface area (Å²) in [6.45, 7) is 5.39. The lowest BCUT2D eigenvalue weighted by Crippen LogP contribution is -2.14. The largest absolute Gasteiger partial charge is 0.494 e. The Morgan fingerprint density at radius 3 is 2.13 bits per heavy atom. The molecule has 0 radical (unpaired) electrons. The van der Waals surface area contributed by atoms with Crippen LogP contribution in [0.15, 0.2) is 36.7 Å². The Hall–Kier alpha value is -1.90. The number of nitrogens with zero attached hydrogens (tertiary/aromatic N) is 2. The van der Waals surface area contributed by atoms with Gasteiger partial charge in [-0.15, -0.1) is 0 Å². The highest BCUT2D eigenvalue weighted by Crippen LogP contribution is 2.33. The third-order valence-corrected chi connectivity index (χ3v) is 6.97. The molecule has 3 nitrogen and oxygen atoms in total. The Balaban J connectivity index is 1.38. The molecule has 1 aliphatic carbocycles. The Bertz CT molecular complexity index is 718. The van der Waals surface area contributed by atoms with Crippen LogP contribution in [0.25, 0.3) is 11.4 Å². The summed E-state index contributed by atoms with van der Waals surface area (Å²) in [5.74, 6) is 3.61. The van der Waals surface area contributed by atoms with E-state index in [4.69, 9.17) is 4.74 Å². The molecule has 0 bridgehead atoms. The normalized spacial score (nSPS) is 18.8. The standard InChI is InChI=1S/C28H42N2O/c1-3-5-6-7-8-9-20-31-27-18-16-26(17-19-27)28-29-21-25(22-30-28)15-14-24-12-10-23(4-2)11-13-24/h16-19,21-24H,3-15,20H2,1-2H3. The highest BCUT2D eigenvalue weighted by Gasteiger charge is 2.19. The SMILES string of the molecule is CCCCCCCCOc1ccc(-c2ncc(CCC3CCC(CC)CC3)cn2)cc1. The quantitative estimate of drug-likeness (QED) is 0.306. The predicted octanol–water partition coefficient (Wildman–Crippen LogP) is 8.03. The highest BCUT2D eigenvalue weighted by atomic mass is 16.5. The van der Waals surface area contributed by atoms with Crippen molar-refractivity contribution in [1.82, 2.24) is 9.97 Å². The molecule has 2 aromatic rings. The summed E-state index contributed by atoms with van der Waals surface area (Å²) >= 11 is 0. The second kappa shape index (κ2) is 13.5. The van der Waals surface area contributed by atoms with Crippen LogP contribution in [0.3, 0.4) is 0 Å². The van der Waals surface area contributed by atoms with Gasteiger partial charge in [0.2, 0.25) is 0 Å². The number of aromatic nitrogens is 2. The Morgan fingerprint density at radius 1 is 0.806 bits per heavy atom. The molecule has 3 heteroatoms. The fourth-order valence-corrected chi connectivity index (χ4v) is 4.70. The summed E-state index contributed by atoms with van der Waals surface area (Å²) in [7, 11) is 0. The van der Waals surface area contributed by atoms with Crippen molar-refractivity contribution < 1.29 is 4.74 Å². The van der Waals surface area contributed by atoms with Crippen molar-refractivity contribution in [2.45, 2.75) is 97.3 Å². The number of rotatable bonds is 13. The molecule has 0 spiro atoms. The van der Waals surface area contributed by atoms with Gasteiger partial charge in [-0.2, -0.15) is 0 Å². The van der Waals surface area contributed by atoms with Crippen LogP contribution in [-0.2, 0) is 6.42 Å². The fourth-order valence-electron chi connectivity index (χ4n) is 4.70. The molecular formula is C28H42N2O. The summed E-state index contributed by atoms with van der Waals surface area (Å²) in [6, 6.07) is 8.21. The van der Waals surface area contributed by atoms with E-state index in [1.807, 2.05) is 24.5 Å². The van der Waals surface area contributed by atoms with E-state index >= 15 is 0 Å². The van der Waals surface area contributed by atoms with Crippen LogP contribution in [0.4, 0.5) is 0 Å². The minimum absolute atomic E-state index is 0.801. The average molecular weight is 423 g/mol. The van der Waals surface area contributed by atoms with Crippen molar-refractivity contribution in [2.24, 2.45) is 11.8 Å². The Labute approximate surface area is 190 Å². The summed E-state index contributed by atoms with van der Waals surface area (Å²) < 4.78 is 5.88. The van der Waals surface area contributed by atoms with Crippen LogP contribution in [-0.4, -0.2) is 16.6 Å². The van der Waals surface area contributed by atoms with Gasteiger partial charge in [-0.05, 0) is 60.9 Å². The van der Waals surface area contributed by atoms with E-state index in [1.54, 1.807) is 0 Å². The summed E-state index contributed by atoms with van der Waals surface area (Å²) in [5.41, 5.74) is 2.32. The third kappa shape index (κ3) is 8.27. The first-order chi connectivity index (χ1) is 15.3. The second-order valence-corrected chi connectivity index (χ2v) is 9.39. The predicted molar refractivity (Wildman–Crippen MR) is 130 cm³/mol. The first kappa shape index (κ1) is 23.8. The average Bonchev–Trinajstić information content (AvgIpc) is 2.83. The minimum Gasteiger partial charge on any atom is -0.494 e. The van der Waals surface area contributed by atoms with Gasteiger partial charge in [0.15, 0.2) is 5.82 Å². The van der Waals surface area contributed by atoms with Gasteiger partial charge in [0.05, 0.1) is 6.61 Å². The zero-order valence-corrected chi connectivity index (χ0v) is 19.8. The molecule has 0 amide bonds. The molecular weight excluding hydrogens is 380 g/mol. The molecule has 170 valence electrons. The molecule has 1 aliphatic rings. The van der Waals surface area contributed by atoms with E-state index in [9.17, 15) is 0 Å². The molecule has 0 N–H and O–H groups in total. The monoisotopic (exact) mass is 422 g/mol.